The molecule has 1 aromatic carbocycles. The topological polar surface area (TPSA) is 12.0 Å². The SMILES string of the molecule is C=CCSc1ccccc1NC1CCCCCC1. The van der Waals surface area contributed by atoms with E-state index in [2.05, 4.69) is 36.2 Å². The third-order valence-corrected chi connectivity index (χ3v) is 4.53. The van der Waals surface area contributed by atoms with Crippen molar-refractivity contribution in [1.82, 2.24) is 0 Å². The Labute approximate surface area is 115 Å². The lowest BCUT2D eigenvalue weighted by molar-refractivity contribution is 0.619. The molecule has 1 N–H and O–H groups in total. The zero-order valence-corrected chi connectivity index (χ0v) is 11.8. The van der Waals surface area contributed by atoms with Gasteiger partial charge in [-0.3, -0.25) is 0 Å². The summed E-state index contributed by atoms with van der Waals surface area (Å²) in [5, 5.41) is 3.74. The number of hydrogen-bond donors (Lipinski definition) is 1. The third-order valence-electron chi connectivity index (χ3n) is 3.46. The maximum absolute atomic E-state index is 3.79. The van der Waals surface area contributed by atoms with Gasteiger partial charge in [0.25, 0.3) is 0 Å². The quantitative estimate of drug-likeness (QED) is 0.449. The molecule has 0 aromatic heterocycles. The molecule has 1 fully saturated rings. The summed E-state index contributed by atoms with van der Waals surface area (Å²) in [7, 11) is 0. The molecule has 18 heavy (non-hydrogen) atoms. The zero-order chi connectivity index (χ0) is 12.6. The Kier molecular flexibility index (Phi) is 5.66. The van der Waals surface area contributed by atoms with Crippen molar-refractivity contribution in [2.24, 2.45) is 0 Å². The van der Waals surface area contributed by atoms with E-state index in [1.165, 1.54) is 49.1 Å². The molecule has 1 aliphatic carbocycles. The van der Waals surface area contributed by atoms with Crippen LogP contribution in [-0.4, -0.2) is 11.8 Å². The molecule has 0 atom stereocenters. The molecule has 1 nitrogen and oxygen atoms in total. The molecule has 1 aliphatic rings. The van der Waals surface area contributed by atoms with Crippen LogP contribution >= 0.6 is 11.8 Å². The highest BCUT2D eigenvalue weighted by atomic mass is 32.2. The van der Waals surface area contributed by atoms with E-state index < -0.39 is 0 Å². The summed E-state index contributed by atoms with van der Waals surface area (Å²) in [6.07, 6.45) is 10.2. The summed E-state index contributed by atoms with van der Waals surface area (Å²) < 4.78 is 0. The summed E-state index contributed by atoms with van der Waals surface area (Å²) >= 11 is 1.86. The maximum atomic E-state index is 3.79. The first-order valence-electron chi connectivity index (χ1n) is 6.99. The van der Waals surface area contributed by atoms with Crippen LogP contribution in [0.25, 0.3) is 0 Å². The van der Waals surface area contributed by atoms with E-state index in [4.69, 9.17) is 0 Å². The number of anilines is 1. The van der Waals surface area contributed by atoms with Gasteiger partial charge in [-0.15, -0.1) is 18.3 Å². The minimum atomic E-state index is 0.665. The first-order valence-corrected chi connectivity index (χ1v) is 7.98. The number of para-hydroxylation sites is 1. The molecule has 0 spiro atoms. The highest BCUT2D eigenvalue weighted by Gasteiger charge is 2.13. The molecule has 0 aliphatic heterocycles. The fourth-order valence-corrected chi connectivity index (χ4v) is 3.26. The molecule has 0 bridgehead atoms. The van der Waals surface area contributed by atoms with Crippen LogP contribution in [0.15, 0.2) is 41.8 Å². The average Bonchev–Trinajstić information content (AvgIpc) is 2.66. The Morgan fingerprint density at radius 2 is 1.89 bits per heavy atom. The van der Waals surface area contributed by atoms with Gasteiger partial charge < -0.3 is 5.32 Å². The number of benzene rings is 1. The van der Waals surface area contributed by atoms with Crippen molar-refractivity contribution < 1.29 is 0 Å². The van der Waals surface area contributed by atoms with Crippen molar-refractivity contribution in [3.05, 3.63) is 36.9 Å². The predicted molar refractivity (Wildman–Crippen MR) is 82.5 cm³/mol. The fraction of sp³-hybridized carbons (Fsp3) is 0.500. The third kappa shape index (κ3) is 4.09. The Morgan fingerprint density at radius 3 is 2.61 bits per heavy atom. The second-order valence-corrected chi connectivity index (χ2v) is 5.99. The minimum absolute atomic E-state index is 0.665. The summed E-state index contributed by atoms with van der Waals surface area (Å²) in [5.74, 6) is 0.976. The normalized spacial score (nSPS) is 17.1. The Hall–Kier alpha value is -0.890. The van der Waals surface area contributed by atoms with Gasteiger partial charge in [-0.1, -0.05) is 43.9 Å². The molecule has 2 heteroatoms. The van der Waals surface area contributed by atoms with E-state index in [0.29, 0.717) is 6.04 Å². The first-order chi connectivity index (χ1) is 8.90. The molecule has 1 saturated carbocycles. The fourth-order valence-electron chi connectivity index (χ4n) is 2.50. The summed E-state index contributed by atoms with van der Waals surface area (Å²) in [4.78, 5) is 1.35. The average molecular weight is 261 g/mol. The number of nitrogens with one attached hydrogen (secondary N) is 1. The highest BCUT2D eigenvalue weighted by Crippen LogP contribution is 2.29. The largest absolute Gasteiger partial charge is 0.381 e. The number of hydrogen-bond acceptors (Lipinski definition) is 2. The molecule has 0 heterocycles. The molecule has 0 saturated heterocycles. The second kappa shape index (κ2) is 7.52. The van der Waals surface area contributed by atoms with Gasteiger partial charge in [-0.25, -0.2) is 0 Å². The lowest BCUT2D eigenvalue weighted by Crippen LogP contribution is -2.18. The van der Waals surface area contributed by atoms with Crippen molar-refractivity contribution in [3.63, 3.8) is 0 Å². The second-order valence-electron chi connectivity index (χ2n) is 4.93. The van der Waals surface area contributed by atoms with Crippen molar-refractivity contribution in [3.8, 4) is 0 Å². The van der Waals surface area contributed by atoms with Gasteiger partial charge in [0.1, 0.15) is 0 Å². The van der Waals surface area contributed by atoms with E-state index >= 15 is 0 Å². The monoisotopic (exact) mass is 261 g/mol. The number of thioether (sulfide) groups is 1. The Bertz CT molecular complexity index is 367. The van der Waals surface area contributed by atoms with Crippen LogP contribution in [0, 0.1) is 0 Å². The Morgan fingerprint density at radius 1 is 1.17 bits per heavy atom. The van der Waals surface area contributed by atoms with Gasteiger partial charge in [0.05, 0.1) is 0 Å². The van der Waals surface area contributed by atoms with Crippen molar-refractivity contribution in [1.29, 1.82) is 0 Å². The lowest BCUT2D eigenvalue weighted by Gasteiger charge is -2.19. The lowest BCUT2D eigenvalue weighted by atomic mass is 10.1. The van der Waals surface area contributed by atoms with Crippen LogP contribution in [0.1, 0.15) is 38.5 Å². The summed E-state index contributed by atoms with van der Waals surface area (Å²) in [6.45, 7) is 3.79. The van der Waals surface area contributed by atoms with Crippen LogP contribution in [0.5, 0.6) is 0 Å². The van der Waals surface area contributed by atoms with Crippen LogP contribution < -0.4 is 5.32 Å². The van der Waals surface area contributed by atoms with Gasteiger partial charge in [0.2, 0.25) is 0 Å². The molecular formula is C16H23NS. The molecule has 0 amide bonds. The molecule has 2 rings (SSSR count). The van der Waals surface area contributed by atoms with Gasteiger partial charge in [0, 0.05) is 22.4 Å². The summed E-state index contributed by atoms with van der Waals surface area (Å²) in [6, 6.07) is 9.31. The van der Waals surface area contributed by atoms with Crippen LogP contribution in [0.4, 0.5) is 5.69 Å². The standard InChI is InChI=1S/C16H23NS/c1-2-13-18-16-12-8-7-11-15(16)17-14-9-5-3-4-6-10-14/h2,7-8,11-12,14,17H,1,3-6,9-10,13H2. The van der Waals surface area contributed by atoms with Crippen molar-refractivity contribution in [2.45, 2.75) is 49.5 Å². The van der Waals surface area contributed by atoms with E-state index in [1.54, 1.807) is 0 Å². The summed E-state index contributed by atoms with van der Waals surface area (Å²) in [5.41, 5.74) is 1.30. The van der Waals surface area contributed by atoms with Crippen molar-refractivity contribution in [2.75, 3.05) is 11.1 Å². The highest BCUT2D eigenvalue weighted by molar-refractivity contribution is 7.99. The van der Waals surface area contributed by atoms with Crippen LogP contribution in [0.2, 0.25) is 0 Å². The van der Waals surface area contributed by atoms with E-state index in [-0.39, 0.29) is 0 Å². The Balaban J connectivity index is 2.00. The van der Waals surface area contributed by atoms with E-state index in [9.17, 15) is 0 Å². The zero-order valence-electron chi connectivity index (χ0n) is 11.0. The number of rotatable bonds is 5. The van der Waals surface area contributed by atoms with E-state index in [0.717, 1.165) is 5.75 Å². The molecule has 1 aromatic rings. The van der Waals surface area contributed by atoms with Crippen molar-refractivity contribution >= 4 is 17.4 Å². The smallest absolute Gasteiger partial charge is 0.0480 e. The van der Waals surface area contributed by atoms with Gasteiger partial charge in [-0.05, 0) is 25.0 Å². The molecule has 0 unspecified atom stereocenters. The molecular weight excluding hydrogens is 238 g/mol. The van der Waals surface area contributed by atoms with E-state index in [1.807, 2.05) is 17.8 Å². The van der Waals surface area contributed by atoms with Gasteiger partial charge in [0.15, 0.2) is 0 Å². The maximum Gasteiger partial charge on any atom is 0.0480 e. The first kappa shape index (κ1) is 13.5. The van der Waals surface area contributed by atoms with Crippen LogP contribution in [-0.2, 0) is 0 Å². The minimum Gasteiger partial charge on any atom is -0.381 e. The van der Waals surface area contributed by atoms with Crippen LogP contribution in [0.3, 0.4) is 0 Å². The predicted octanol–water partition coefficient (Wildman–Crippen LogP) is 5.10. The molecule has 0 radical (unpaired) electrons. The van der Waals surface area contributed by atoms with Gasteiger partial charge >= 0.3 is 0 Å². The molecule has 98 valence electrons. The van der Waals surface area contributed by atoms with Gasteiger partial charge in [-0.2, -0.15) is 0 Å².